The minimum atomic E-state index is -4.76. The Morgan fingerprint density at radius 3 is 2.62 bits per heavy atom. The molecule has 0 amide bonds. The lowest BCUT2D eigenvalue weighted by Crippen LogP contribution is -2.17. The smallest absolute Gasteiger partial charge is 0.508 e. The van der Waals surface area contributed by atoms with E-state index in [1.54, 1.807) is 0 Å². The molecule has 0 heterocycles. The van der Waals surface area contributed by atoms with Gasteiger partial charge in [0.25, 0.3) is 0 Å². The fourth-order valence-corrected chi connectivity index (χ4v) is 1.17. The largest absolute Gasteiger partial charge is 0.573 e. The molecule has 88 valence electrons. The number of rotatable bonds is 4. The van der Waals surface area contributed by atoms with Crippen LogP contribution in [-0.4, -0.2) is 17.8 Å². The summed E-state index contributed by atoms with van der Waals surface area (Å²) in [5.74, 6) is -0.567. The van der Waals surface area contributed by atoms with Gasteiger partial charge in [-0.15, -0.1) is 13.2 Å². The fourth-order valence-electron chi connectivity index (χ4n) is 1.17. The lowest BCUT2D eigenvalue weighted by molar-refractivity contribution is -0.274. The summed E-state index contributed by atoms with van der Waals surface area (Å²) in [6.07, 6.45) is -3.84. The van der Waals surface area contributed by atoms with E-state index < -0.39 is 12.1 Å². The number of hydrogen-bond donors (Lipinski definition) is 1. The van der Waals surface area contributed by atoms with Gasteiger partial charge < -0.3 is 14.6 Å². The van der Waals surface area contributed by atoms with E-state index >= 15 is 0 Å². The number of carbonyl (C=O) groups is 1. The summed E-state index contributed by atoms with van der Waals surface area (Å²) in [4.78, 5) is 10.1. The molecule has 3 nitrogen and oxygen atoms in total. The van der Waals surface area contributed by atoms with Crippen LogP contribution in [-0.2, 0) is 11.2 Å². The first-order valence-electron chi connectivity index (χ1n) is 4.43. The van der Waals surface area contributed by atoms with Crippen LogP contribution in [0.4, 0.5) is 13.2 Å². The molecule has 0 aliphatic carbocycles. The number of phenolic OH excluding ortho intramolecular Hbond substituents is 1. The normalized spacial score (nSPS) is 11.2. The first-order chi connectivity index (χ1) is 7.42. The third kappa shape index (κ3) is 3.80. The van der Waals surface area contributed by atoms with Gasteiger partial charge >= 0.3 is 6.36 Å². The van der Waals surface area contributed by atoms with Crippen molar-refractivity contribution in [1.82, 2.24) is 0 Å². The number of carbonyl (C=O) groups excluding carboxylic acids is 1. The Bertz CT molecular complexity index is 374. The Balaban J connectivity index is 2.84. The number of ether oxygens (including phenoxy) is 1. The summed E-state index contributed by atoms with van der Waals surface area (Å²) in [6, 6.07) is 3.17. The predicted molar refractivity (Wildman–Crippen MR) is 49.2 cm³/mol. The number of halogens is 3. The van der Waals surface area contributed by atoms with E-state index in [4.69, 9.17) is 0 Å². The van der Waals surface area contributed by atoms with Crippen molar-refractivity contribution in [3.63, 3.8) is 0 Å². The van der Waals surface area contributed by atoms with Crippen LogP contribution in [0, 0.1) is 0 Å². The van der Waals surface area contributed by atoms with Crippen LogP contribution in [0.15, 0.2) is 18.2 Å². The number of aromatic hydroxyl groups is 1. The molecule has 1 rings (SSSR count). The van der Waals surface area contributed by atoms with E-state index in [-0.39, 0.29) is 24.2 Å². The van der Waals surface area contributed by atoms with Crippen LogP contribution < -0.4 is 4.74 Å². The van der Waals surface area contributed by atoms with E-state index in [1.807, 2.05) is 0 Å². The minimum absolute atomic E-state index is 0.128. The Kier molecular flexibility index (Phi) is 3.76. The Labute approximate surface area is 89.5 Å². The molecule has 0 atom stereocenters. The Morgan fingerprint density at radius 1 is 1.38 bits per heavy atom. The molecule has 0 saturated carbocycles. The first-order valence-corrected chi connectivity index (χ1v) is 4.43. The number of aryl methyl sites for hydroxylation is 1. The molecule has 6 heteroatoms. The standard InChI is InChI=1S/C10H9F3O3/c11-10(12,13)16-8-3-4-9(15)7(6-8)2-1-5-14/h3-6,15H,1-2H2. The quantitative estimate of drug-likeness (QED) is 0.814. The van der Waals surface area contributed by atoms with Crippen molar-refractivity contribution < 1.29 is 27.8 Å². The molecule has 1 aromatic carbocycles. The molecular formula is C10H9F3O3. The van der Waals surface area contributed by atoms with Gasteiger partial charge in [0, 0.05) is 6.42 Å². The van der Waals surface area contributed by atoms with Crippen molar-refractivity contribution in [1.29, 1.82) is 0 Å². The van der Waals surface area contributed by atoms with Gasteiger partial charge in [-0.1, -0.05) is 0 Å². The molecule has 1 aromatic rings. The third-order valence-electron chi connectivity index (χ3n) is 1.82. The summed E-state index contributed by atoms with van der Waals surface area (Å²) in [7, 11) is 0. The highest BCUT2D eigenvalue weighted by atomic mass is 19.4. The SMILES string of the molecule is O=CCCc1cc(OC(F)(F)F)ccc1O. The summed E-state index contributed by atoms with van der Waals surface area (Å²) < 4.78 is 39.3. The van der Waals surface area contributed by atoms with E-state index in [2.05, 4.69) is 4.74 Å². The Hall–Kier alpha value is -1.72. The first kappa shape index (κ1) is 12.4. The number of hydrogen-bond acceptors (Lipinski definition) is 3. The lowest BCUT2D eigenvalue weighted by atomic mass is 10.1. The zero-order valence-corrected chi connectivity index (χ0v) is 8.12. The zero-order chi connectivity index (χ0) is 12.2. The molecule has 0 aliphatic heterocycles. The van der Waals surface area contributed by atoms with Gasteiger partial charge in [-0.05, 0) is 30.2 Å². The monoisotopic (exact) mass is 234 g/mol. The maximum absolute atomic E-state index is 11.9. The van der Waals surface area contributed by atoms with Crippen LogP contribution in [0.2, 0.25) is 0 Å². The summed E-state index contributed by atoms with van der Waals surface area (Å²) >= 11 is 0. The average molecular weight is 234 g/mol. The van der Waals surface area contributed by atoms with Gasteiger partial charge in [-0.2, -0.15) is 0 Å². The Morgan fingerprint density at radius 2 is 2.06 bits per heavy atom. The van der Waals surface area contributed by atoms with Gasteiger partial charge in [0.05, 0.1) is 0 Å². The second kappa shape index (κ2) is 4.87. The molecule has 0 bridgehead atoms. The minimum Gasteiger partial charge on any atom is -0.508 e. The van der Waals surface area contributed by atoms with Gasteiger partial charge in [0.1, 0.15) is 17.8 Å². The summed E-state index contributed by atoms with van der Waals surface area (Å²) in [5.41, 5.74) is 0.244. The van der Waals surface area contributed by atoms with Crippen molar-refractivity contribution in [2.45, 2.75) is 19.2 Å². The van der Waals surface area contributed by atoms with E-state index in [0.717, 1.165) is 18.2 Å². The van der Waals surface area contributed by atoms with Crippen molar-refractivity contribution in [3.8, 4) is 11.5 Å². The zero-order valence-electron chi connectivity index (χ0n) is 8.12. The van der Waals surface area contributed by atoms with E-state index in [9.17, 15) is 23.1 Å². The molecule has 0 aliphatic rings. The molecule has 0 saturated heterocycles. The van der Waals surface area contributed by atoms with E-state index in [1.165, 1.54) is 0 Å². The highest BCUT2D eigenvalue weighted by molar-refractivity contribution is 5.51. The second-order valence-electron chi connectivity index (χ2n) is 3.04. The van der Waals surface area contributed by atoms with Crippen LogP contribution >= 0.6 is 0 Å². The topological polar surface area (TPSA) is 46.5 Å². The van der Waals surface area contributed by atoms with Gasteiger partial charge in [0.2, 0.25) is 0 Å². The number of aldehydes is 1. The second-order valence-corrected chi connectivity index (χ2v) is 3.04. The van der Waals surface area contributed by atoms with Crippen LogP contribution in [0.25, 0.3) is 0 Å². The predicted octanol–water partition coefficient (Wildman–Crippen LogP) is 2.42. The lowest BCUT2D eigenvalue weighted by Gasteiger charge is -2.10. The van der Waals surface area contributed by atoms with Gasteiger partial charge in [0.15, 0.2) is 0 Å². The molecule has 0 fully saturated rings. The molecule has 0 aromatic heterocycles. The van der Waals surface area contributed by atoms with Crippen molar-refractivity contribution in [3.05, 3.63) is 23.8 Å². The maximum Gasteiger partial charge on any atom is 0.573 e. The molecule has 0 unspecified atom stereocenters. The summed E-state index contributed by atoms with van der Waals surface area (Å²) in [6.45, 7) is 0. The number of alkyl halides is 3. The van der Waals surface area contributed by atoms with Crippen molar-refractivity contribution in [2.24, 2.45) is 0 Å². The molecular weight excluding hydrogens is 225 g/mol. The summed E-state index contributed by atoms with van der Waals surface area (Å²) in [5, 5.41) is 9.31. The van der Waals surface area contributed by atoms with E-state index in [0.29, 0.717) is 6.29 Å². The highest BCUT2D eigenvalue weighted by Gasteiger charge is 2.31. The molecule has 16 heavy (non-hydrogen) atoms. The van der Waals surface area contributed by atoms with Gasteiger partial charge in [-0.25, -0.2) is 0 Å². The maximum atomic E-state index is 11.9. The molecule has 0 spiro atoms. The number of phenols is 1. The number of benzene rings is 1. The molecule has 1 N–H and O–H groups in total. The van der Waals surface area contributed by atoms with Crippen LogP contribution in [0.5, 0.6) is 11.5 Å². The highest BCUT2D eigenvalue weighted by Crippen LogP contribution is 2.28. The van der Waals surface area contributed by atoms with Crippen LogP contribution in [0.3, 0.4) is 0 Å². The molecule has 0 radical (unpaired) electrons. The van der Waals surface area contributed by atoms with Gasteiger partial charge in [-0.3, -0.25) is 0 Å². The van der Waals surface area contributed by atoms with Crippen molar-refractivity contribution >= 4 is 6.29 Å². The third-order valence-corrected chi connectivity index (χ3v) is 1.82. The fraction of sp³-hybridized carbons (Fsp3) is 0.300. The van der Waals surface area contributed by atoms with Crippen molar-refractivity contribution in [2.75, 3.05) is 0 Å². The average Bonchev–Trinajstić information content (AvgIpc) is 2.17. The van der Waals surface area contributed by atoms with Crippen LogP contribution in [0.1, 0.15) is 12.0 Å².